The molecular formula is C24H35N5O5S3. The Labute approximate surface area is 230 Å². The van der Waals surface area contributed by atoms with E-state index in [1.807, 2.05) is 36.8 Å². The minimum Gasteiger partial charge on any atom is -0.480 e. The monoisotopic (exact) mass is 569 g/mol. The van der Waals surface area contributed by atoms with Gasteiger partial charge < -0.3 is 31.8 Å². The number of hydrogen-bond donors (Lipinski definition) is 7. The number of carboxylic acid groups (broad SMARTS) is 1. The molecule has 204 valence electrons. The summed E-state index contributed by atoms with van der Waals surface area (Å²) in [6.07, 6.45) is 6.30. The lowest BCUT2D eigenvalue weighted by atomic mass is 10.0. The maximum atomic E-state index is 13.2. The number of hydrogen-bond acceptors (Lipinski definition) is 8. The van der Waals surface area contributed by atoms with Gasteiger partial charge in [0, 0.05) is 29.3 Å². The minimum absolute atomic E-state index is 0.0142. The second kappa shape index (κ2) is 15.8. The van der Waals surface area contributed by atoms with Crippen molar-refractivity contribution >= 4 is 70.7 Å². The van der Waals surface area contributed by atoms with Crippen LogP contribution in [0, 0.1) is 0 Å². The SMILES string of the molecule is CSCCC(N)C(=O)NC(CS)C(=O)NC(Cc1c[nH]c2ccccc12)C(=O)NC(CCSC)C(=O)O. The summed E-state index contributed by atoms with van der Waals surface area (Å²) in [6.45, 7) is 0. The summed E-state index contributed by atoms with van der Waals surface area (Å²) in [5, 5.41) is 18.3. The predicted octanol–water partition coefficient (Wildman–Crippen LogP) is 1.01. The first kappa shape index (κ1) is 30.9. The molecule has 0 saturated heterocycles. The van der Waals surface area contributed by atoms with E-state index in [4.69, 9.17) is 5.73 Å². The van der Waals surface area contributed by atoms with E-state index in [1.54, 1.807) is 18.0 Å². The van der Waals surface area contributed by atoms with Crippen molar-refractivity contribution in [1.29, 1.82) is 0 Å². The number of thiol groups is 1. The van der Waals surface area contributed by atoms with Crippen LogP contribution < -0.4 is 21.7 Å². The molecule has 37 heavy (non-hydrogen) atoms. The number of aromatic amines is 1. The van der Waals surface area contributed by atoms with Crippen molar-refractivity contribution < 1.29 is 24.3 Å². The topological polar surface area (TPSA) is 166 Å². The lowest BCUT2D eigenvalue weighted by molar-refractivity contribution is -0.142. The molecule has 0 aliphatic heterocycles. The second-order valence-corrected chi connectivity index (χ2v) is 10.8. The molecule has 2 rings (SSSR count). The van der Waals surface area contributed by atoms with Crippen molar-refractivity contribution in [3.63, 3.8) is 0 Å². The lowest BCUT2D eigenvalue weighted by Crippen LogP contribution is -2.58. The van der Waals surface area contributed by atoms with Crippen LogP contribution in [-0.2, 0) is 25.6 Å². The molecule has 1 aromatic carbocycles. The highest BCUT2D eigenvalue weighted by Crippen LogP contribution is 2.19. The zero-order chi connectivity index (χ0) is 27.4. The molecule has 0 bridgehead atoms. The number of fused-ring (bicyclic) bond motifs is 1. The maximum absolute atomic E-state index is 13.2. The van der Waals surface area contributed by atoms with Gasteiger partial charge in [0.15, 0.2) is 0 Å². The summed E-state index contributed by atoms with van der Waals surface area (Å²) >= 11 is 7.22. The van der Waals surface area contributed by atoms with E-state index in [0.717, 1.165) is 16.5 Å². The molecule has 3 amide bonds. The number of aliphatic carboxylic acids is 1. The first-order valence-electron chi connectivity index (χ1n) is 11.7. The molecule has 0 radical (unpaired) electrons. The molecule has 7 N–H and O–H groups in total. The first-order chi connectivity index (χ1) is 17.7. The van der Waals surface area contributed by atoms with Gasteiger partial charge in [-0.05, 0) is 48.5 Å². The molecule has 4 unspecified atom stereocenters. The van der Waals surface area contributed by atoms with Gasteiger partial charge in [-0.15, -0.1) is 0 Å². The van der Waals surface area contributed by atoms with E-state index in [9.17, 15) is 24.3 Å². The molecule has 0 aliphatic carbocycles. The quantitative estimate of drug-likeness (QED) is 0.147. The molecule has 0 spiro atoms. The fraction of sp³-hybridized carbons (Fsp3) is 0.500. The van der Waals surface area contributed by atoms with Crippen molar-refractivity contribution in [3.8, 4) is 0 Å². The molecule has 0 aliphatic rings. The van der Waals surface area contributed by atoms with E-state index in [-0.39, 0.29) is 18.6 Å². The molecule has 2 aromatic rings. The lowest BCUT2D eigenvalue weighted by Gasteiger charge is -2.24. The Balaban J connectivity index is 2.22. The van der Waals surface area contributed by atoms with Crippen molar-refractivity contribution in [2.24, 2.45) is 5.73 Å². The summed E-state index contributed by atoms with van der Waals surface area (Å²) in [5.74, 6) is -1.66. The third kappa shape index (κ3) is 9.47. The van der Waals surface area contributed by atoms with Gasteiger partial charge in [-0.2, -0.15) is 36.2 Å². The molecule has 0 saturated carbocycles. The summed E-state index contributed by atoms with van der Waals surface area (Å²) in [6, 6.07) is 3.53. The Bertz CT molecular complexity index is 1070. The average molecular weight is 570 g/mol. The number of rotatable bonds is 16. The van der Waals surface area contributed by atoms with Crippen LogP contribution in [0.25, 0.3) is 10.9 Å². The number of amides is 3. The summed E-state index contributed by atoms with van der Waals surface area (Å²) in [5.41, 5.74) is 7.56. The summed E-state index contributed by atoms with van der Waals surface area (Å²) < 4.78 is 0. The van der Waals surface area contributed by atoms with Gasteiger partial charge in [-0.3, -0.25) is 14.4 Å². The largest absolute Gasteiger partial charge is 0.480 e. The molecule has 13 heteroatoms. The molecule has 1 aromatic heterocycles. The molecular weight excluding hydrogens is 534 g/mol. The highest BCUT2D eigenvalue weighted by Gasteiger charge is 2.30. The second-order valence-electron chi connectivity index (χ2n) is 8.44. The standard InChI is InChI=1S/C24H35N5O5S3/c1-36-9-7-16(25)21(30)29-20(13-35)23(32)28-19(22(31)27-18(24(33)34)8-10-37-2)11-14-12-26-17-6-4-3-5-15(14)17/h3-6,12,16,18-20,26,35H,7-11,13,25H2,1-2H3,(H,27,31)(H,28,32)(H,29,30)(H,33,34). The van der Waals surface area contributed by atoms with Crippen LogP contribution in [0.5, 0.6) is 0 Å². The number of carbonyl (C=O) groups excluding carboxylic acids is 3. The van der Waals surface area contributed by atoms with Gasteiger partial charge in [0.1, 0.15) is 18.1 Å². The zero-order valence-corrected chi connectivity index (χ0v) is 23.4. The Hall–Kier alpha value is -2.35. The number of benzene rings is 1. The fourth-order valence-electron chi connectivity index (χ4n) is 3.62. The van der Waals surface area contributed by atoms with Crippen molar-refractivity contribution in [2.75, 3.05) is 29.8 Å². The Kier molecular flexibility index (Phi) is 13.2. The number of thioether (sulfide) groups is 2. The van der Waals surface area contributed by atoms with Gasteiger partial charge in [-0.25, -0.2) is 4.79 Å². The van der Waals surface area contributed by atoms with Crippen molar-refractivity contribution in [2.45, 2.75) is 43.4 Å². The zero-order valence-electron chi connectivity index (χ0n) is 20.9. The Morgan fingerprint density at radius 1 is 0.946 bits per heavy atom. The highest BCUT2D eigenvalue weighted by atomic mass is 32.2. The number of H-pyrrole nitrogens is 1. The van der Waals surface area contributed by atoms with Crippen LogP contribution in [0.3, 0.4) is 0 Å². The first-order valence-corrected chi connectivity index (χ1v) is 15.2. The fourth-order valence-corrected chi connectivity index (χ4v) is 4.83. The van der Waals surface area contributed by atoms with E-state index < -0.39 is 47.9 Å². The van der Waals surface area contributed by atoms with E-state index in [2.05, 4.69) is 33.6 Å². The minimum atomic E-state index is -1.15. The third-order valence-electron chi connectivity index (χ3n) is 5.74. The molecule has 4 atom stereocenters. The number of aromatic nitrogens is 1. The van der Waals surface area contributed by atoms with Crippen LogP contribution >= 0.6 is 36.2 Å². The van der Waals surface area contributed by atoms with Gasteiger partial charge in [0.05, 0.1) is 6.04 Å². The maximum Gasteiger partial charge on any atom is 0.326 e. The Morgan fingerprint density at radius 3 is 2.19 bits per heavy atom. The van der Waals surface area contributed by atoms with Crippen LogP contribution in [0.4, 0.5) is 0 Å². The number of nitrogens with two attached hydrogens (primary N) is 1. The molecule has 1 heterocycles. The van der Waals surface area contributed by atoms with Crippen LogP contribution in [0.15, 0.2) is 30.5 Å². The average Bonchev–Trinajstić information content (AvgIpc) is 3.29. The van der Waals surface area contributed by atoms with E-state index >= 15 is 0 Å². The van der Waals surface area contributed by atoms with Gasteiger partial charge in [0.25, 0.3) is 0 Å². The van der Waals surface area contributed by atoms with Crippen LogP contribution in [-0.4, -0.2) is 87.7 Å². The normalized spacial score (nSPS) is 14.4. The predicted molar refractivity (Wildman–Crippen MR) is 153 cm³/mol. The number of carbonyl (C=O) groups is 4. The summed E-state index contributed by atoms with van der Waals surface area (Å²) in [7, 11) is 0. The van der Waals surface area contributed by atoms with Gasteiger partial charge in [-0.1, -0.05) is 18.2 Å². The van der Waals surface area contributed by atoms with E-state index in [1.165, 1.54) is 11.8 Å². The Morgan fingerprint density at radius 2 is 1.54 bits per heavy atom. The van der Waals surface area contributed by atoms with Crippen LogP contribution in [0.2, 0.25) is 0 Å². The van der Waals surface area contributed by atoms with E-state index in [0.29, 0.717) is 17.9 Å². The number of carboxylic acids is 1. The highest BCUT2D eigenvalue weighted by molar-refractivity contribution is 7.98. The number of nitrogens with one attached hydrogen (secondary N) is 4. The molecule has 10 nitrogen and oxygen atoms in total. The third-order valence-corrected chi connectivity index (χ3v) is 7.40. The van der Waals surface area contributed by atoms with Gasteiger partial charge in [0.2, 0.25) is 17.7 Å². The summed E-state index contributed by atoms with van der Waals surface area (Å²) in [4.78, 5) is 53.7. The van der Waals surface area contributed by atoms with Gasteiger partial charge >= 0.3 is 5.97 Å². The van der Waals surface area contributed by atoms with Crippen molar-refractivity contribution in [1.82, 2.24) is 20.9 Å². The smallest absolute Gasteiger partial charge is 0.326 e. The number of para-hydroxylation sites is 1. The van der Waals surface area contributed by atoms with Crippen molar-refractivity contribution in [3.05, 3.63) is 36.0 Å². The molecule has 0 fully saturated rings. The van der Waals surface area contributed by atoms with Crippen LogP contribution in [0.1, 0.15) is 18.4 Å².